The topological polar surface area (TPSA) is 53.4 Å². The number of esters is 1. The van der Waals surface area contributed by atoms with Gasteiger partial charge in [0.1, 0.15) is 11.4 Å². The summed E-state index contributed by atoms with van der Waals surface area (Å²) in [5.41, 5.74) is 2.00. The molecule has 3 aromatic rings. The number of para-hydroxylation sites is 1. The Bertz CT molecular complexity index is 957. The van der Waals surface area contributed by atoms with Gasteiger partial charge in [-0.1, -0.05) is 28.1 Å². The van der Waals surface area contributed by atoms with Crippen molar-refractivity contribution in [2.45, 2.75) is 27.5 Å². The fourth-order valence-electron chi connectivity index (χ4n) is 2.63. The number of hydrogen-bond acceptors (Lipinski definition) is 4. The van der Waals surface area contributed by atoms with Crippen LogP contribution in [-0.2, 0) is 16.3 Å². The number of carbonyl (C=O) groups excluding carboxylic acids is 1. The molecule has 0 saturated carbocycles. The fourth-order valence-corrected chi connectivity index (χ4v) is 2.99. The Balaban J connectivity index is 2.08. The van der Waals surface area contributed by atoms with E-state index >= 15 is 0 Å². The van der Waals surface area contributed by atoms with E-state index in [2.05, 4.69) is 15.9 Å². The van der Waals surface area contributed by atoms with Crippen LogP contribution in [0, 0.1) is 5.41 Å². The molecule has 0 atom stereocenters. The van der Waals surface area contributed by atoms with Gasteiger partial charge in [-0.05, 0) is 51.1 Å². The number of halogens is 1. The lowest BCUT2D eigenvalue weighted by Gasteiger charge is -2.16. The minimum absolute atomic E-state index is 0.0589. The van der Waals surface area contributed by atoms with Crippen molar-refractivity contribution in [2.75, 3.05) is 7.11 Å². The smallest absolute Gasteiger partial charge is 0.313 e. The summed E-state index contributed by atoms with van der Waals surface area (Å²) in [6.45, 7) is 5.54. The van der Waals surface area contributed by atoms with Crippen LogP contribution in [0.3, 0.4) is 0 Å². The summed E-state index contributed by atoms with van der Waals surface area (Å²) in [5.74, 6) is 0.475. The molecule has 0 aliphatic heterocycles. The molecule has 0 spiro atoms. The van der Waals surface area contributed by atoms with E-state index in [1.807, 2.05) is 63.2 Å². The third-order valence-electron chi connectivity index (χ3n) is 4.00. The Hall–Kier alpha value is -2.34. The van der Waals surface area contributed by atoms with E-state index < -0.39 is 5.41 Å². The molecule has 2 aromatic carbocycles. The van der Waals surface area contributed by atoms with Gasteiger partial charge in [0.15, 0.2) is 6.73 Å². The summed E-state index contributed by atoms with van der Waals surface area (Å²) in [4.78, 5) is 12.1. The number of benzene rings is 2. The fraction of sp³-hybridized carbons (Fsp3) is 0.300. The average Bonchev–Trinajstić information content (AvgIpc) is 2.96. The molecule has 0 aliphatic carbocycles. The maximum atomic E-state index is 12.1. The van der Waals surface area contributed by atoms with Crippen LogP contribution in [0.15, 0.2) is 46.9 Å². The lowest BCUT2D eigenvalue weighted by molar-refractivity contribution is -0.157. The molecule has 0 bridgehead atoms. The maximum absolute atomic E-state index is 12.1. The first-order valence-corrected chi connectivity index (χ1v) is 9.07. The number of hydrogen-bond donors (Lipinski definition) is 0. The molecule has 0 radical (unpaired) electrons. The number of nitrogens with zero attached hydrogens (tertiary/aromatic N) is 2. The zero-order valence-electron chi connectivity index (χ0n) is 15.2. The Morgan fingerprint density at radius 3 is 2.62 bits per heavy atom. The van der Waals surface area contributed by atoms with E-state index in [1.54, 1.807) is 11.8 Å². The summed E-state index contributed by atoms with van der Waals surface area (Å²) in [6.07, 6.45) is 0. The molecule has 0 aliphatic rings. The second-order valence-electron chi connectivity index (χ2n) is 7.02. The van der Waals surface area contributed by atoms with Crippen molar-refractivity contribution < 1.29 is 14.3 Å². The van der Waals surface area contributed by atoms with E-state index in [0.29, 0.717) is 0 Å². The normalized spacial score (nSPS) is 11.6. The highest BCUT2D eigenvalue weighted by Crippen LogP contribution is 2.35. The van der Waals surface area contributed by atoms with E-state index in [0.717, 1.165) is 32.4 Å². The number of methoxy groups -OCH3 is 1. The maximum Gasteiger partial charge on any atom is 0.313 e. The van der Waals surface area contributed by atoms with Crippen LogP contribution in [0.25, 0.3) is 22.2 Å². The van der Waals surface area contributed by atoms with Gasteiger partial charge in [-0.25, -0.2) is 4.68 Å². The van der Waals surface area contributed by atoms with Crippen LogP contribution in [0.1, 0.15) is 20.8 Å². The van der Waals surface area contributed by atoms with Crippen LogP contribution in [0.2, 0.25) is 0 Å². The summed E-state index contributed by atoms with van der Waals surface area (Å²) in [6, 6.07) is 13.6. The summed E-state index contributed by atoms with van der Waals surface area (Å²) >= 11 is 3.52. The highest BCUT2D eigenvalue weighted by Gasteiger charge is 2.24. The quantitative estimate of drug-likeness (QED) is 0.560. The number of ether oxygens (including phenoxy) is 2. The van der Waals surface area contributed by atoms with Gasteiger partial charge in [0.05, 0.1) is 18.0 Å². The summed E-state index contributed by atoms with van der Waals surface area (Å²) < 4.78 is 13.6. The molecule has 136 valence electrons. The number of fused-ring (bicyclic) bond motifs is 1. The van der Waals surface area contributed by atoms with Crippen LogP contribution in [-0.4, -0.2) is 22.9 Å². The predicted octanol–water partition coefficient (Wildman–Crippen LogP) is 5.02. The average molecular weight is 417 g/mol. The highest BCUT2D eigenvalue weighted by atomic mass is 79.9. The van der Waals surface area contributed by atoms with Crippen molar-refractivity contribution >= 4 is 32.8 Å². The van der Waals surface area contributed by atoms with E-state index in [9.17, 15) is 4.79 Å². The predicted molar refractivity (Wildman–Crippen MR) is 105 cm³/mol. The second kappa shape index (κ2) is 7.11. The molecule has 3 rings (SSSR count). The molecular formula is C20H21BrN2O3. The third-order valence-corrected chi connectivity index (χ3v) is 4.50. The van der Waals surface area contributed by atoms with Gasteiger partial charge in [0, 0.05) is 15.4 Å². The van der Waals surface area contributed by atoms with Gasteiger partial charge in [0.2, 0.25) is 0 Å². The van der Waals surface area contributed by atoms with Crippen molar-refractivity contribution in [3.05, 3.63) is 46.9 Å². The molecule has 0 N–H and O–H groups in total. The summed E-state index contributed by atoms with van der Waals surface area (Å²) in [5, 5.41) is 5.66. The Labute approximate surface area is 161 Å². The highest BCUT2D eigenvalue weighted by molar-refractivity contribution is 9.10. The van der Waals surface area contributed by atoms with Gasteiger partial charge in [0.25, 0.3) is 0 Å². The molecule has 1 heterocycles. The van der Waals surface area contributed by atoms with Gasteiger partial charge < -0.3 is 9.47 Å². The minimum atomic E-state index is -0.558. The standard InChI is InChI=1S/C20H21BrN2O3/c1-20(2,3)19(24)26-12-23-16-10-9-13(21)11-15(16)18(22-23)14-7-5-6-8-17(14)25-4/h5-11H,12H2,1-4H3. The lowest BCUT2D eigenvalue weighted by Crippen LogP contribution is -2.24. The molecule has 0 unspecified atom stereocenters. The van der Waals surface area contributed by atoms with Gasteiger partial charge in [-0.2, -0.15) is 5.10 Å². The van der Waals surface area contributed by atoms with Crippen molar-refractivity contribution in [1.29, 1.82) is 0 Å². The lowest BCUT2D eigenvalue weighted by atomic mass is 9.98. The van der Waals surface area contributed by atoms with Crippen LogP contribution in [0.4, 0.5) is 0 Å². The zero-order valence-corrected chi connectivity index (χ0v) is 16.8. The number of carbonyl (C=O) groups is 1. The SMILES string of the molecule is COc1ccccc1-c1nn(COC(=O)C(C)(C)C)c2ccc(Br)cc12. The van der Waals surface area contributed by atoms with Crippen LogP contribution in [0.5, 0.6) is 5.75 Å². The first kappa shape index (κ1) is 18.5. The van der Waals surface area contributed by atoms with E-state index in [4.69, 9.17) is 14.6 Å². The largest absolute Gasteiger partial charge is 0.496 e. The first-order chi connectivity index (χ1) is 12.3. The Kier molecular flexibility index (Phi) is 5.05. The molecule has 5 nitrogen and oxygen atoms in total. The van der Waals surface area contributed by atoms with Gasteiger partial charge >= 0.3 is 5.97 Å². The monoisotopic (exact) mass is 416 g/mol. The molecule has 0 saturated heterocycles. The third kappa shape index (κ3) is 3.60. The Morgan fingerprint density at radius 2 is 1.92 bits per heavy atom. The zero-order chi connectivity index (χ0) is 18.9. The molecule has 1 aromatic heterocycles. The van der Waals surface area contributed by atoms with E-state index in [1.165, 1.54) is 0 Å². The number of rotatable bonds is 4. The van der Waals surface area contributed by atoms with Crippen LogP contribution >= 0.6 is 15.9 Å². The van der Waals surface area contributed by atoms with Crippen molar-refractivity contribution in [2.24, 2.45) is 5.41 Å². The molecule has 0 amide bonds. The van der Waals surface area contributed by atoms with Crippen molar-refractivity contribution in [3.63, 3.8) is 0 Å². The van der Waals surface area contributed by atoms with Crippen LogP contribution < -0.4 is 4.74 Å². The molecule has 0 fully saturated rings. The second-order valence-corrected chi connectivity index (χ2v) is 7.94. The van der Waals surface area contributed by atoms with E-state index in [-0.39, 0.29) is 12.7 Å². The molecular weight excluding hydrogens is 396 g/mol. The van der Waals surface area contributed by atoms with Crippen molar-refractivity contribution in [1.82, 2.24) is 9.78 Å². The molecule has 26 heavy (non-hydrogen) atoms. The van der Waals surface area contributed by atoms with Gasteiger partial charge in [-0.15, -0.1) is 0 Å². The first-order valence-electron chi connectivity index (χ1n) is 8.28. The Morgan fingerprint density at radius 1 is 1.19 bits per heavy atom. The van der Waals surface area contributed by atoms with Gasteiger partial charge in [-0.3, -0.25) is 4.79 Å². The van der Waals surface area contributed by atoms with Crippen molar-refractivity contribution in [3.8, 4) is 17.0 Å². The molecule has 6 heteroatoms. The number of aromatic nitrogens is 2. The summed E-state index contributed by atoms with van der Waals surface area (Å²) in [7, 11) is 1.64. The minimum Gasteiger partial charge on any atom is -0.496 e.